The Balaban J connectivity index is 1.84. The largest absolute Gasteiger partial charge is 0.488 e. The van der Waals surface area contributed by atoms with E-state index in [1.807, 2.05) is 24.3 Å². The molecule has 0 saturated heterocycles. The monoisotopic (exact) mass is 300 g/mol. The molecule has 21 heavy (non-hydrogen) atoms. The molecule has 2 aromatic heterocycles. The van der Waals surface area contributed by atoms with Gasteiger partial charge in [0.2, 0.25) is 0 Å². The molecule has 0 N–H and O–H groups in total. The number of allylic oxidation sites excluding steroid dienone is 1. The van der Waals surface area contributed by atoms with Crippen molar-refractivity contribution in [3.05, 3.63) is 59.1 Å². The van der Waals surface area contributed by atoms with Gasteiger partial charge in [0.25, 0.3) is 0 Å². The molecule has 0 aliphatic heterocycles. The van der Waals surface area contributed by atoms with Crippen molar-refractivity contribution >= 4 is 17.2 Å². The fourth-order valence-corrected chi connectivity index (χ4v) is 2.90. The fourth-order valence-electron chi connectivity index (χ4n) is 2.67. The molecule has 1 aliphatic carbocycles. The topological polar surface area (TPSA) is 35.0 Å². The van der Waals surface area contributed by atoms with Crippen LogP contribution < -0.4 is 4.74 Å². The molecule has 4 heteroatoms. The summed E-state index contributed by atoms with van der Waals surface area (Å²) in [6.45, 7) is 0.590. The van der Waals surface area contributed by atoms with Crippen molar-refractivity contribution in [3.8, 4) is 5.75 Å². The van der Waals surface area contributed by atoms with Crippen molar-refractivity contribution < 1.29 is 4.74 Å². The van der Waals surface area contributed by atoms with E-state index in [0.717, 1.165) is 24.2 Å². The molecule has 3 rings (SSSR count). The first-order valence-electron chi connectivity index (χ1n) is 7.19. The van der Waals surface area contributed by atoms with Crippen LogP contribution in [0.5, 0.6) is 5.75 Å². The highest BCUT2D eigenvalue weighted by Gasteiger charge is 2.17. The van der Waals surface area contributed by atoms with E-state index in [-0.39, 0.29) is 0 Å². The van der Waals surface area contributed by atoms with Gasteiger partial charge in [0.15, 0.2) is 0 Å². The molecule has 0 radical (unpaired) electrons. The van der Waals surface area contributed by atoms with Gasteiger partial charge in [-0.05, 0) is 55.0 Å². The quantitative estimate of drug-likeness (QED) is 0.778. The smallest absolute Gasteiger partial charge is 0.138 e. The molecule has 2 aromatic rings. The van der Waals surface area contributed by atoms with Crippen LogP contribution in [0.25, 0.3) is 5.57 Å². The summed E-state index contributed by atoms with van der Waals surface area (Å²) >= 11 is 6.24. The lowest BCUT2D eigenvalue weighted by Crippen LogP contribution is -2.08. The van der Waals surface area contributed by atoms with Crippen molar-refractivity contribution in [2.75, 3.05) is 6.61 Å². The van der Waals surface area contributed by atoms with Crippen LogP contribution in [0.3, 0.4) is 0 Å². The molecule has 0 amide bonds. The average Bonchev–Trinajstić information content (AvgIpc) is 2.55. The maximum atomic E-state index is 6.24. The number of ether oxygens (including phenoxy) is 1. The van der Waals surface area contributed by atoms with Crippen LogP contribution in [0.15, 0.2) is 48.4 Å². The van der Waals surface area contributed by atoms with E-state index in [1.165, 1.54) is 24.0 Å². The zero-order chi connectivity index (χ0) is 14.5. The van der Waals surface area contributed by atoms with E-state index in [1.54, 1.807) is 18.6 Å². The zero-order valence-electron chi connectivity index (χ0n) is 11.8. The lowest BCUT2D eigenvalue weighted by Gasteiger charge is -2.21. The van der Waals surface area contributed by atoms with Gasteiger partial charge in [-0.1, -0.05) is 17.7 Å². The van der Waals surface area contributed by atoms with Gasteiger partial charge >= 0.3 is 0 Å². The van der Waals surface area contributed by atoms with Gasteiger partial charge in [0, 0.05) is 18.0 Å². The van der Waals surface area contributed by atoms with Gasteiger partial charge in [-0.3, -0.25) is 4.98 Å². The molecule has 0 unspecified atom stereocenters. The number of nitrogens with zero attached hydrogens (tertiary/aromatic N) is 2. The summed E-state index contributed by atoms with van der Waals surface area (Å²) in [4.78, 5) is 8.26. The predicted molar refractivity (Wildman–Crippen MR) is 84.4 cm³/mol. The summed E-state index contributed by atoms with van der Waals surface area (Å²) in [5.41, 5.74) is 3.66. The van der Waals surface area contributed by atoms with Gasteiger partial charge < -0.3 is 4.74 Å². The van der Waals surface area contributed by atoms with Gasteiger partial charge in [0.1, 0.15) is 17.5 Å². The maximum Gasteiger partial charge on any atom is 0.138 e. The molecule has 0 aromatic carbocycles. The Morgan fingerprint density at radius 2 is 1.95 bits per heavy atom. The Hall–Kier alpha value is -1.87. The molecule has 3 nitrogen and oxygen atoms in total. The number of aromatic nitrogens is 2. The molecule has 0 atom stereocenters. The van der Waals surface area contributed by atoms with Crippen LogP contribution in [0, 0.1) is 0 Å². The predicted octanol–water partition coefficient (Wildman–Crippen LogP) is 4.54. The van der Waals surface area contributed by atoms with E-state index in [2.05, 4.69) is 9.97 Å². The van der Waals surface area contributed by atoms with E-state index in [0.29, 0.717) is 11.8 Å². The van der Waals surface area contributed by atoms with Gasteiger partial charge in [-0.2, -0.15) is 0 Å². The fraction of sp³-hybridized carbons (Fsp3) is 0.294. The molecular weight excluding hydrogens is 284 g/mol. The molecule has 2 heterocycles. The minimum atomic E-state index is 0.577. The summed E-state index contributed by atoms with van der Waals surface area (Å²) in [5.74, 6) is 0.798. The van der Waals surface area contributed by atoms with Gasteiger partial charge in [0.05, 0.1) is 6.20 Å². The van der Waals surface area contributed by atoms with Gasteiger partial charge in [-0.25, -0.2) is 4.98 Å². The summed E-state index contributed by atoms with van der Waals surface area (Å²) in [5, 5.41) is 0.577. The highest BCUT2D eigenvalue weighted by Crippen LogP contribution is 2.35. The second-order valence-corrected chi connectivity index (χ2v) is 5.47. The molecular formula is C17H17ClN2O. The first kappa shape index (κ1) is 14.1. The summed E-state index contributed by atoms with van der Waals surface area (Å²) in [6, 6.07) is 7.78. The Bertz CT molecular complexity index is 640. The lowest BCUT2D eigenvalue weighted by atomic mass is 9.88. The molecule has 0 spiro atoms. The number of hydrogen-bond acceptors (Lipinski definition) is 3. The van der Waals surface area contributed by atoms with E-state index < -0.39 is 0 Å². The average molecular weight is 301 g/mol. The van der Waals surface area contributed by atoms with Crippen LogP contribution in [-0.2, 0) is 0 Å². The molecule has 108 valence electrons. The van der Waals surface area contributed by atoms with Crippen molar-refractivity contribution in [1.82, 2.24) is 9.97 Å². The van der Waals surface area contributed by atoms with Crippen molar-refractivity contribution in [2.45, 2.75) is 25.7 Å². The summed E-state index contributed by atoms with van der Waals surface area (Å²) < 4.78 is 5.85. The van der Waals surface area contributed by atoms with Crippen LogP contribution >= 0.6 is 11.6 Å². The van der Waals surface area contributed by atoms with E-state index >= 15 is 0 Å². The molecule has 0 fully saturated rings. The number of hydrogen-bond donors (Lipinski definition) is 0. The third-order valence-corrected chi connectivity index (χ3v) is 4.01. The second-order valence-electron chi connectivity index (χ2n) is 5.11. The van der Waals surface area contributed by atoms with Crippen molar-refractivity contribution in [1.29, 1.82) is 0 Å². The zero-order valence-corrected chi connectivity index (χ0v) is 12.5. The second kappa shape index (κ2) is 6.72. The Kier molecular flexibility index (Phi) is 4.51. The maximum absolute atomic E-state index is 6.24. The van der Waals surface area contributed by atoms with Crippen molar-refractivity contribution in [2.24, 2.45) is 0 Å². The summed E-state index contributed by atoms with van der Waals surface area (Å²) in [7, 11) is 0. The van der Waals surface area contributed by atoms with Crippen LogP contribution in [0.4, 0.5) is 0 Å². The normalized spacial score (nSPS) is 15.1. The Morgan fingerprint density at radius 1 is 1.10 bits per heavy atom. The van der Waals surface area contributed by atoms with Crippen LogP contribution in [-0.4, -0.2) is 16.6 Å². The van der Waals surface area contributed by atoms with Gasteiger partial charge in [-0.15, -0.1) is 0 Å². The third-order valence-electron chi connectivity index (χ3n) is 3.71. The highest BCUT2D eigenvalue weighted by molar-refractivity contribution is 6.31. The molecule has 1 aliphatic rings. The summed E-state index contributed by atoms with van der Waals surface area (Å²) in [6.07, 6.45) is 9.69. The Morgan fingerprint density at radius 3 is 2.76 bits per heavy atom. The number of halogens is 1. The SMILES string of the molecule is Clc1ncccc1C1=C(COc2cccnc2)CCCC1. The van der Waals surface area contributed by atoms with E-state index in [9.17, 15) is 0 Å². The number of rotatable bonds is 4. The molecule has 0 saturated carbocycles. The first-order chi connectivity index (χ1) is 10.3. The van der Waals surface area contributed by atoms with Crippen LogP contribution in [0.2, 0.25) is 5.15 Å². The van der Waals surface area contributed by atoms with Crippen LogP contribution in [0.1, 0.15) is 31.2 Å². The standard InChI is InChI=1S/C17H17ClN2O/c18-17-16(8-4-10-20-17)15-7-2-1-5-13(15)12-21-14-6-3-9-19-11-14/h3-4,6,8-11H,1-2,5,7,12H2. The highest BCUT2D eigenvalue weighted by atomic mass is 35.5. The number of pyridine rings is 2. The third kappa shape index (κ3) is 3.42. The minimum absolute atomic E-state index is 0.577. The lowest BCUT2D eigenvalue weighted by molar-refractivity contribution is 0.343. The minimum Gasteiger partial charge on any atom is -0.488 e. The first-order valence-corrected chi connectivity index (χ1v) is 7.57. The van der Waals surface area contributed by atoms with Crippen molar-refractivity contribution in [3.63, 3.8) is 0 Å². The molecule has 0 bridgehead atoms. The Labute approximate surface area is 129 Å². The van der Waals surface area contributed by atoms with E-state index in [4.69, 9.17) is 16.3 Å².